The molecule has 1 saturated carbocycles. The lowest BCUT2D eigenvalue weighted by Crippen LogP contribution is -2.16. The zero-order chi connectivity index (χ0) is 16.0. The highest BCUT2D eigenvalue weighted by Crippen LogP contribution is 2.41. The predicted octanol–water partition coefficient (Wildman–Crippen LogP) is 0.545. The van der Waals surface area contributed by atoms with E-state index in [2.05, 4.69) is 21.2 Å². The van der Waals surface area contributed by atoms with Crippen LogP contribution in [0.25, 0.3) is 11.5 Å². The summed E-state index contributed by atoms with van der Waals surface area (Å²) < 4.78 is 9.24. The number of hydrogen-bond donors (Lipinski definition) is 1. The fourth-order valence-electron chi connectivity index (χ4n) is 3.09. The summed E-state index contributed by atoms with van der Waals surface area (Å²) in [5.41, 5.74) is 7.31. The van der Waals surface area contributed by atoms with Gasteiger partial charge in [-0.15, -0.1) is 0 Å². The molecule has 2 fully saturated rings. The van der Waals surface area contributed by atoms with E-state index in [-0.39, 0.29) is 12.5 Å². The van der Waals surface area contributed by atoms with Gasteiger partial charge in [0.1, 0.15) is 5.69 Å². The van der Waals surface area contributed by atoms with Gasteiger partial charge in [-0.2, -0.15) is 10.2 Å². The second-order valence-electron chi connectivity index (χ2n) is 6.31. The molecule has 1 saturated heterocycles. The van der Waals surface area contributed by atoms with E-state index in [4.69, 9.17) is 10.5 Å². The molecule has 4 rings (SSSR count). The second-order valence-corrected chi connectivity index (χ2v) is 6.31. The Labute approximate surface area is 133 Å². The Balaban J connectivity index is 1.74. The largest absolute Gasteiger partial charge is 0.379 e. The number of aryl methyl sites for hydroxylation is 1. The minimum absolute atomic E-state index is 0.0376. The quantitative estimate of drug-likeness (QED) is 0.868. The van der Waals surface area contributed by atoms with E-state index >= 15 is 0 Å². The summed E-state index contributed by atoms with van der Waals surface area (Å²) >= 11 is 0. The average Bonchev–Trinajstić information content (AvgIpc) is 2.91. The topological polar surface area (TPSA) is 101 Å². The molecule has 23 heavy (non-hydrogen) atoms. The third-order valence-corrected chi connectivity index (χ3v) is 4.40. The first-order valence-electron chi connectivity index (χ1n) is 7.97. The minimum atomic E-state index is -0.434. The van der Waals surface area contributed by atoms with Gasteiger partial charge in [0.25, 0.3) is 0 Å². The van der Waals surface area contributed by atoms with Gasteiger partial charge in [0, 0.05) is 25.3 Å². The van der Waals surface area contributed by atoms with E-state index in [1.54, 1.807) is 0 Å². The molecule has 122 valence electrons. The highest BCUT2D eigenvalue weighted by atomic mass is 16.5. The second kappa shape index (κ2) is 5.45. The van der Waals surface area contributed by atoms with E-state index in [9.17, 15) is 4.79 Å². The van der Waals surface area contributed by atoms with Gasteiger partial charge in [-0.3, -0.25) is 9.48 Å². The highest BCUT2D eigenvalue weighted by Gasteiger charge is 2.30. The average molecular weight is 316 g/mol. The molecule has 1 aliphatic heterocycles. The third-order valence-electron chi connectivity index (χ3n) is 4.40. The summed E-state index contributed by atoms with van der Waals surface area (Å²) in [7, 11) is 1.96. The number of amides is 1. The number of nitrogens with zero attached hydrogens (tertiary/aromatic N) is 5. The first-order valence-corrected chi connectivity index (χ1v) is 7.97. The van der Waals surface area contributed by atoms with Crippen molar-refractivity contribution in [1.29, 1.82) is 0 Å². The van der Waals surface area contributed by atoms with E-state index in [0.717, 1.165) is 12.1 Å². The van der Waals surface area contributed by atoms with Crippen LogP contribution < -0.4 is 5.73 Å². The van der Waals surface area contributed by atoms with Crippen molar-refractivity contribution in [3.63, 3.8) is 0 Å². The maximum atomic E-state index is 11.2. The smallest absolute Gasteiger partial charge is 0.225 e. The number of ether oxygens (including phenoxy) is 1. The molecular weight excluding hydrogens is 296 g/mol. The molecule has 1 amide bonds. The van der Waals surface area contributed by atoms with E-state index in [1.165, 1.54) is 18.5 Å². The van der Waals surface area contributed by atoms with E-state index < -0.39 is 5.91 Å². The van der Waals surface area contributed by atoms with Crippen LogP contribution in [0.5, 0.6) is 0 Å². The standard InChI is InChI=1S/C15H20N6O2/c1-20-12(9-2-3-9)6-11(18-20)15-17-14(7-13(16)22)19-21(15)10-4-5-23-8-10/h6,9-10H,2-5,7-8H2,1H3,(H2,16,22). The highest BCUT2D eigenvalue weighted by molar-refractivity contribution is 5.75. The number of hydrogen-bond acceptors (Lipinski definition) is 5. The third kappa shape index (κ3) is 2.74. The normalized spacial score (nSPS) is 21.0. The van der Waals surface area contributed by atoms with Crippen LogP contribution in [-0.4, -0.2) is 43.7 Å². The van der Waals surface area contributed by atoms with Crippen molar-refractivity contribution in [1.82, 2.24) is 24.5 Å². The number of nitrogens with two attached hydrogens (primary N) is 1. The number of carbonyl (C=O) groups excluding carboxylic acids is 1. The van der Waals surface area contributed by atoms with Crippen LogP contribution in [0.15, 0.2) is 6.07 Å². The van der Waals surface area contributed by atoms with Crippen LogP contribution in [0.4, 0.5) is 0 Å². The summed E-state index contributed by atoms with van der Waals surface area (Å²) in [6, 6.07) is 2.22. The lowest BCUT2D eigenvalue weighted by atomic mass is 10.2. The molecule has 2 aromatic rings. The molecule has 1 atom stereocenters. The van der Waals surface area contributed by atoms with Gasteiger partial charge in [-0.25, -0.2) is 9.67 Å². The van der Waals surface area contributed by atoms with Crippen molar-refractivity contribution < 1.29 is 9.53 Å². The zero-order valence-corrected chi connectivity index (χ0v) is 13.1. The predicted molar refractivity (Wildman–Crippen MR) is 81.6 cm³/mol. The lowest BCUT2D eigenvalue weighted by Gasteiger charge is -2.09. The Morgan fingerprint density at radius 2 is 2.22 bits per heavy atom. The van der Waals surface area contributed by atoms with Crippen molar-refractivity contribution in [3.8, 4) is 11.5 Å². The minimum Gasteiger partial charge on any atom is -0.379 e. The summed E-state index contributed by atoms with van der Waals surface area (Å²) in [5.74, 6) is 1.31. The van der Waals surface area contributed by atoms with Crippen molar-refractivity contribution in [2.75, 3.05) is 13.2 Å². The van der Waals surface area contributed by atoms with Gasteiger partial charge < -0.3 is 10.5 Å². The molecule has 3 heterocycles. The maximum absolute atomic E-state index is 11.2. The van der Waals surface area contributed by atoms with Crippen LogP contribution in [0, 0.1) is 0 Å². The Kier molecular flexibility index (Phi) is 3.41. The van der Waals surface area contributed by atoms with Crippen molar-refractivity contribution in [2.24, 2.45) is 12.8 Å². The molecule has 0 radical (unpaired) electrons. The Hall–Kier alpha value is -2.22. The molecule has 2 N–H and O–H groups in total. The number of carbonyl (C=O) groups is 1. The van der Waals surface area contributed by atoms with Crippen LogP contribution >= 0.6 is 0 Å². The molecule has 1 aliphatic carbocycles. The number of primary amides is 1. The summed E-state index contributed by atoms with van der Waals surface area (Å²) in [4.78, 5) is 15.7. The van der Waals surface area contributed by atoms with Crippen LogP contribution in [0.2, 0.25) is 0 Å². The molecule has 0 aromatic carbocycles. The molecular formula is C15H20N6O2. The van der Waals surface area contributed by atoms with Crippen molar-refractivity contribution >= 4 is 5.91 Å². The molecule has 2 aromatic heterocycles. The molecule has 0 bridgehead atoms. The Morgan fingerprint density at radius 3 is 2.87 bits per heavy atom. The number of rotatable bonds is 5. The van der Waals surface area contributed by atoms with E-state index in [0.29, 0.717) is 30.8 Å². The van der Waals surface area contributed by atoms with Gasteiger partial charge in [0.05, 0.1) is 19.1 Å². The SMILES string of the molecule is Cn1nc(-c2nc(CC(N)=O)nn2C2CCOC2)cc1C1CC1. The Morgan fingerprint density at radius 1 is 1.39 bits per heavy atom. The summed E-state index contributed by atoms with van der Waals surface area (Å²) in [6.07, 6.45) is 3.36. The van der Waals surface area contributed by atoms with Gasteiger partial charge in [-0.05, 0) is 25.3 Å². The monoisotopic (exact) mass is 316 g/mol. The first-order chi connectivity index (χ1) is 11.1. The molecule has 8 nitrogen and oxygen atoms in total. The van der Waals surface area contributed by atoms with Crippen molar-refractivity contribution in [2.45, 2.75) is 37.6 Å². The van der Waals surface area contributed by atoms with Crippen LogP contribution in [0.1, 0.15) is 42.7 Å². The van der Waals surface area contributed by atoms with Gasteiger partial charge >= 0.3 is 0 Å². The van der Waals surface area contributed by atoms with Gasteiger partial charge in [-0.1, -0.05) is 0 Å². The summed E-state index contributed by atoms with van der Waals surface area (Å²) in [6.45, 7) is 1.32. The van der Waals surface area contributed by atoms with Crippen molar-refractivity contribution in [3.05, 3.63) is 17.6 Å². The molecule has 1 unspecified atom stereocenters. The van der Waals surface area contributed by atoms with Gasteiger partial charge in [0.2, 0.25) is 5.91 Å². The molecule has 8 heteroatoms. The fourth-order valence-corrected chi connectivity index (χ4v) is 3.09. The first kappa shape index (κ1) is 14.4. The maximum Gasteiger partial charge on any atom is 0.225 e. The van der Waals surface area contributed by atoms with Crippen LogP contribution in [0.3, 0.4) is 0 Å². The number of aromatic nitrogens is 5. The molecule has 2 aliphatic rings. The zero-order valence-electron chi connectivity index (χ0n) is 13.1. The van der Waals surface area contributed by atoms with E-state index in [1.807, 2.05) is 16.4 Å². The van der Waals surface area contributed by atoms with Gasteiger partial charge in [0.15, 0.2) is 11.6 Å². The lowest BCUT2D eigenvalue weighted by molar-refractivity contribution is -0.117. The van der Waals surface area contributed by atoms with Crippen LogP contribution in [-0.2, 0) is 23.0 Å². The summed E-state index contributed by atoms with van der Waals surface area (Å²) in [5, 5.41) is 9.09. The fraction of sp³-hybridized carbons (Fsp3) is 0.600. The molecule has 0 spiro atoms. The Bertz CT molecular complexity index is 739.